The minimum atomic E-state index is 0.120. The number of rotatable bonds is 3. The van der Waals surface area contributed by atoms with Crippen LogP contribution < -0.4 is 10.5 Å². The highest BCUT2D eigenvalue weighted by atomic mass is 16.5. The molecular weight excluding hydrogens is 236 g/mol. The first-order valence-corrected chi connectivity index (χ1v) is 6.39. The van der Waals surface area contributed by atoms with Crippen LogP contribution in [0.4, 0.5) is 5.69 Å². The fourth-order valence-electron chi connectivity index (χ4n) is 1.79. The Morgan fingerprint density at radius 1 is 1.16 bits per heavy atom. The van der Waals surface area contributed by atoms with Crippen LogP contribution in [0.25, 0.3) is 0 Å². The first-order chi connectivity index (χ1) is 8.95. The Hall–Kier alpha value is -2.03. The fourth-order valence-corrected chi connectivity index (χ4v) is 1.79. The minimum absolute atomic E-state index is 0.120. The van der Waals surface area contributed by atoms with Gasteiger partial charge in [-0.2, -0.15) is 0 Å². The van der Waals surface area contributed by atoms with Crippen LogP contribution in [-0.4, -0.2) is 4.98 Å². The Bertz CT molecular complexity index is 559. The lowest BCUT2D eigenvalue weighted by Gasteiger charge is -2.19. The molecule has 0 radical (unpaired) electrons. The lowest BCUT2D eigenvalue weighted by molar-refractivity contribution is 0.300. The highest BCUT2D eigenvalue weighted by molar-refractivity contribution is 5.37. The lowest BCUT2D eigenvalue weighted by atomic mass is 9.87. The first-order valence-electron chi connectivity index (χ1n) is 6.39. The van der Waals surface area contributed by atoms with E-state index in [1.807, 2.05) is 18.2 Å². The number of nitrogens with two attached hydrogens (primary N) is 1. The van der Waals surface area contributed by atoms with Crippen molar-refractivity contribution in [3.63, 3.8) is 0 Å². The molecule has 1 aromatic heterocycles. The number of hydrogen-bond donors (Lipinski definition) is 1. The fraction of sp³-hybridized carbons (Fsp3) is 0.312. The van der Waals surface area contributed by atoms with E-state index in [4.69, 9.17) is 10.5 Å². The molecule has 19 heavy (non-hydrogen) atoms. The van der Waals surface area contributed by atoms with E-state index in [0.717, 1.165) is 11.4 Å². The summed E-state index contributed by atoms with van der Waals surface area (Å²) in [6.07, 6.45) is 1.69. The number of benzene rings is 1. The van der Waals surface area contributed by atoms with Crippen molar-refractivity contribution in [1.29, 1.82) is 0 Å². The molecule has 2 rings (SSSR count). The Kier molecular flexibility index (Phi) is 3.74. The molecule has 3 nitrogen and oxygen atoms in total. The largest absolute Gasteiger partial charge is 0.487 e. The van der Waals surface area contributed by atoms with Gasteiger partial charge in [-0.05, 0) is 35.2 Å². The molecule has 0 unspecified atom stereocenters. The van der Waals surface area contributed by atoms with E-state index >= 15 is 0 Å². The molecular formula is C16H20N2O. The molecule has 2 aromatic rings. The molecule has 0 atom stereocenters. The molecule has 0 bridgehead atoms. The standard InChI is InChI=1S/C16H20N2O/c1-16(2,3)12-5-4-6-15(9-12)19-11-14-10-13(17)7-8-18-14/h4-10H,11H2,1-3H3,(H2,17,18). The van der Waals surface area contributed by atoms with E-state index in [9.17, 15) is 0 Å². The van der Waals surface area contributed by atoms with Crippen LogP contribution in [0.3, 0.4) is 0 Å². The number of anilines is 1. The van der Waals surface area contributed by atoms with Gasteiger partial charge in [-0.15, -0.1) is 0 Å². The zero-order valence-electron chi connectivity index (χ0n) is 11.7. The second-order valence-corrected chi connectivity index (χ2v) is 5.65. The topological polar surface area (TPSA) is 48.1 Å². The Balaban J connectivity index is 2.08. The number of aromatic nitrogens is 1. The number of hydrogen-bond acceptors (Lipinski definition) is 3. The Labute approximate surface area is 114 Å². The van der Waals surface area contributed by atoms with Gasteiger partial charge in [0.2, 0.25) is 0 Å². The summed E-state index contributed by atoms with van der Waals surface area (Å²) in [6.45, 7) is 6.99. The quantitative estimate of drug-likeness (QED) is 0.913. The van der Waals surface area contributed by atoms with Gasteiger partial charge in [0.25, 0.3) is 0 Å². The number of nitrogen functional groups attached to an aromatic ring is 1. The first kappa shape index (κ1) is 13.4. The normalized spacial score (nSPS) is 11.3. The molecule has 0 fully saturated rings. The number of nitrogens with zero attached hydrogens (tertiary/aromatic N) is 1. The van der Waals surface area contributed by atoms with Crippen molar-refractivity contribution < 1.29 is 4.74 Å². The van der Waals surface area contributed by atoms with Crippen molar-refractivity contribution in [1.82, 2.24) is 4.98 Å². The average Bonchev–Trinajstić information content (AvgIpc) is 2.36. The van der Waals surface area contributed by atoms with E-state index in [0.29, 0.717) is 12.3 Å². The summed E-state index contributed by atoms with van der Waals surface area (Å²) >= 11 is 0. The summed E-state index contributed by atoms with van der Waals surface area (Å²) < 4.78 is 5.76. The lowest BCUT2D eigenvalue weighted by Crippen LogP contribution is -2.11. The van der Waals surface area contributed by atoms with Gasteiger partial charge in [0.05, 0.1) is 5.69 Å². The molecule has 0 saturated heterocycles. The van der Waals surface area contributed by atoms with Crippen LogP contribution in [0.5, 0.6) is 5.75 Å². The molecule has 1 heterocycles. The van der Waals surface area contributed by atoms with Gasteiger partial charge in [-0.25, -0.2) is 0 Å². The maximum absolute atomic E-state index is 5.76. The highest BCUT2D eigenvalue weighted by Crippen LogP contribution is 2.25. The smallest absolute Gasteiger partial charge is 0.130 e. The third kappa shape index (κ3) is 3.71. The minimum Gasteiger partial charge on any atom is -0.487 e. The predicted molar refractivity (Wildman–Crippen MR) is 78.1 cm³/mol. The number of pyridine rings is 1. The van der Waals surface area contributed by atoms with Gasteiger partial charge >= 0.3 is 0 Å². The summed E-state index contributed by atoms with van der Waals surface area (Å²) in [5, 5.41) is 0. The van der Waals surface area contributed by atoms with Gasteiger partial charge in [0.15, 0.2) is 0 Å². The third-order valence-electron chi connectivity index (χ3n) is 2.93. The van der Waals surface area contributed by atoms with Crippen LogP contribution in [-0.2, 0) is 12.0 Å². The molecule has 0 aliphatic heterocycles. The molecule has 100 valence electrons. The second kappa shape index (κ2) is 5.31. The highest BCUT2D eigenvalue weighted by Gasteiger charge is 2.13. The average molecular weight is 256 g/mol. The van der Waals surface area contributed by atoms with Crippen molar-refractivity contribution in [3.05, 3.63) is 53.9 Å². The molecule has 1 aromatic carbocycles. The summed E-state index contributed by atoms with van der Waals surface area (Å²) in [7, 11) is 0. The van der Waals surface area contributed by atoms with Gasteiger partial charge in [-0.1, -0.05) is 32.9 Å². The summed E-state index contributed by atoms with van der Waals surface area (Å²) in [5.74, 6) is 0.858. The van der Waals surface area contributed by atoms with E-state index < -0.39 is 0 Å². The van der Waals surface area contributed by atoms with E-state index in [2.05, 4.69) is 37.9 Å². The molecule has 0 amide bonds. The van der Waals surface area contributed by atoms with Gasteiger partial charge in [0, 0.05) is 11.9 Å². The maximum Gasteiger partial charge on any atom is 0.130 e. The summed E-state index contributed by atoms with van der Waals surface area (Å²) in [5.41, 5.74) is 8.63. The van der Waals surface area contributed by atoms with Crippen LogP contribution in [0.1, 0.15) is 32.0 Å². The molecule has 3 heteroatoms. The third-order valence-corrected chi connectivity index (χ3v) is 2.93. The zero-order valence-corrected chi connectivity index (χ0v) is 11.7. The van der Waals surface area contributed by atoms with Gasteiger partial charge in [0.1, 0.15) is 12.4 Å². The van der Waals surface area contributed by atoms with Crippen molar-refractivity contribution >= 4 is 5.69 Å². The van der Waals surface area contributed by atoms with Crippen molar-refractivity contribution in [3.8, 4) is 5.75 Å². The predicted octanol–water partition coefficient (Wildman–Crippen LogP) is 3.54. The van der Waals surface area contributed by atoms with Crippen LogP contribution in [0.2, 0.25) is 0 Å². The Morgan fingerprint density at radius 3 is 2.63 bits per heavy atom. The SMILES string of the molecule is CC(C)(C)c1cccc(OCc2cc(N)ccn2)c1. The molecule has 0 aliphatic rings. The summed E-state index contributed by atoms with van der Waals surface area (Å²) in [4.78, 5) is 4.22. The maximum atomic E-state index is 5.76. The van der Waals surface area contributed by atoms with Gasteiger partial charge < -0.3 is 10.5 Å². The molecule has 0 spiro atoms. The van der Waals surface area contributed by atoms with Crippen molar-refractivity contribution in [2.75, 3.05) is 5.73 Å². The van der Waals surface area contributed by atoms with Crippen molar-refractivity contribution in [2.24, 2.45) is 0 Å². The van der Waals surface area contributed by atoms with Crippen molar-refractivity contribution in [2.45, 2.75) is 32.8 Å². The van der Waals surface area contributed by atoms with E-state index in [-0.39, 0.29) is 5.41 Å². The van der Waals surface area contributed by atoms with Crippen LogP contribution in [0.15, 0.2) is 42.6 Å². The summed E-state index contributed by atoms with van der Waals surface area (Å²) in [6, 6.07) is 11.8. The van der Waals surface area contributed by atoms with E-state index in [1.54, 1.807) is 12.3 Å². The monoisotopic (exact) mass is 256 g/mol. The van der Waals surface area contributed by atoms with Crippen LogP contribution in [0, 0.1) is 0 Å². The van der Waals surface area contributed by atoms with Crippen LogP contribution >= 0.6 is 0 Å². The molecule has 0 saturated carbocycles. The number of ether oxygens (including phenoxy) is 1. The van der Waals surface area contributed by atoms with E-state index in [1.165, 1.54) is 5.56 Å². The molecule has 2 N–H and O–H groups in total. The zero-order chi connectivity index (χ0) is 13.9. The Morgan fingerprint density at radius 2 is 1.95 bits per heavy atom. The van der Waals surface area contributed by atoms with Gasteiger partial charge in [-0.3, -0.25) is 4.98 Å². The molecule has 0 aliphatic carbocycles. The second-order valence-electron chi connectivity index (χ2n) is 5.65.